The summed E-state index contributed by atoms with van der Waals surface area (Å²) in [5.41, 5.74) is 2.59. The Hall–Kier alpha value is -0.710. The predicted octanol–water partition coefficient (Wildman–Crippen LogP) is 4.63. The molecule has 2 heterocycles. The third-order valence-electron chi connectivity index (χ3n) is 3.67. The SMILES string of the molecule is CC(NC1CCCc2sc(Br)cc21)c1ccccn1. The van der Waals surface area contributed by atoms with Crippen LogP contribution < -0.4 is 5.32 Å². The molecule has 0 saturated heterocycles. The Morgan fingerprint density at radius 3 is 3.16 bits per heavy atom. The number of nitrogens with zero attached hydrogens (tertiary/aromatic N) is 1. The number of pyridine rings is 1. The van der Waals surface area contributed by atoms with Gasteiger partial charge in [-0.25, -0.2) is 0 Å². The summed E-state index contributed by atoms with van der Waals surface area (Å²) >= 11 is 5.49. The number of aryl methyl sites for hydroxylation is 1. The molecule has 2 atom stereocenters. The first-order valence-electron chi connectivity index (χ1n) is 6.69. The average Bonchev–Trinajstić information content (AvgIpc) is 2.81. The molecule has 0 fully saturated rings. The lowest BCUT2D eigenvalue weighted by Gasteiger charge is -2.27. The zero-order valence-corrected chi connectivity index (χ0v) is 13.3. The van der Waals surface area contributed by atoms with Crippen LogP contribution in [0.1, 0.15) is 48.0 Å². The molecule has 2 unspecified atom stereocenters. The highest BCUT2D eigenvalue weighted by Crippen LogP contribution is 2.38. The Morgan fingerprint density at radius 1 is 1.47 bits per heavy atom. The van der Waals surface area contributed by atoms with Crippen molar-refractivity contribution in [3.63, 3.8) is 0 Å². The van der Waals surface area contributed by atoms with Gasteiger partial charge in [-0.05, 0) is 65.9 Å². The summed E-state index contributed by atoms with van der Waals surface area (Å²) in [7, 11) is 0. The Kier molecular flexibility index (Phi) is 4.01. The lowest BCUT2D eigenvalue weighted by molar-refractivity contribution is 0.414. The molecule has 0 aliphatic heterocycles. The molecule has 0 bridgehead atoms. The predicted molar refractivity (Wildman–Crippen MR) is 83.5 cm³/mol. The molecule has 0 saturated carbocycles. The smallest absolute Gasteiger partial charge is 0.0704 e. The highest BCUT2D eigenvalue weighted by atomic mass is 79.9. The molecule has 2 aromatic heterocycles. The van der Waals surface area contributed by atoms with Gasteiger partial charge in [0.2, 0.25) is 0 Å². The van der Waals surface area contributed by atoms with Crippen molar-refractivity contribution in [2.75, 3.05) is 0 Å². The van der Waals surface area contributed by atoms with Gasteiger partial charge in [0.1, 0.15) is 0 Å². The van der Waals surface area contributed by atoms with Gasteiger partial charge in [-0.3, -0.25) is 4.98 Å². The van der Waals surface area contributed by atoms with Crippen molar-refractivity contribution >= 4 is 27.3 Å². The highest BCUT2D eigenvalue weighted by Gasteiger charge is 2.24. The first kappa shape index (κ1) is 13.3. The second-order valence-electron chi connectivity index (χ2n) is 5.02. The van der Waals surface area contributed by atoms with Crippen LogP contribution in [-0.2, 0) is 6.42 Å². The quantitative estimate of drug-likeness (QED) is 0.883. The second kappa shape index (κ2) is 5.73. The Balaban J connectivity index is 1.77. The maximum atomic E-state index is 4.44. The van der Waals surface area contributed by atoms with Gasteiger partial charge in [-0.2, -0.15) is 0 Å². The molecule has 4 heteroatoms. The number of thiophene rings is 1. The van der Waals surface area contributed by atoms with Crippen molar-refractivity contribution in [2.24, 2.45) is 0 Å². The van der Waals surface area contributed by atoms with Crippen LogP contribution >= 0.6 is 27.3 Å². The first-order valence-corrected chi connectivity index (χ1v) is 8.30. The summed E-state index contributed by atoms with van der Waals surface area (Å²) in [4.78, 5) is 5.97. The van der Waals surface area contributed by atoms with Crippen LogP contribution in [0.5, 0.6) is 0 Å². The summed E-state index contributed by atoms with van der Waals surface area (Å²) in [5.74, 6) is 0. The van der Waals surface area contributed by atoms with E-state index in [0.717, 1.165) is 5.69 Å². The molecule has 3 rings (SSSR count). The van der Waals surface area contributed by atoms with Gasteiger partial charge in [0, 0.05) is 23.2 Å². The fourth-order valence-corrected chi connectivity index (χ4v) is 4.53. The summed E-state index contributed by atoms with van der Waals surface area (Å²) in [5, 5.41) is 3.73. The van der Waals surface area contributed by atoms with Gasteiger partial charge in [0.25, 0.3) is 0 Å². The lowest BCUT2D eigenvalue weighted by Crippen LogP contribution is -2.27. The molecule has 0 aromatic carbocycles. The third-order valence-corrected chi connectivity index (χ3v) is 5.38. The standard InChI is InChI=1S/C15H17BrN2S/c1-10(12-5-2-3-8-17-12)18-13-6-4-7-14-11(13)9-15(16)19-14/h2-3,5,8-10,13,18H,4,6-7H2,1H3. The summed E-state index contributed by atoms with van der Waals surface area (Å²) < 4.78 is 1.25. The molecule has 0 spiro atoms. The van der Waals surface area contributed by atoms with Crippen molar-refractivity contribution < 1.29 is 0 Å². The Bertz CT molecular complexity index is 553. The molecule has 2 nitrogen and oxygen atoms in total. The fourth-order valence-electron chi connectivity index (χ4n) is 2.71. The molecule has 19 heavy (non-hydrogen) atoms. The van der Waals surface area contributed by atoms with E-state index >= 15 is 0 Å². The Morgan fingerprint density at radius 2 is 2.37 bits per heavy atom. The average molecular weight is 337 g/mol. The number of nitrogens with one attached hydrogen (secondary N) is 1. The highest BCUT2D eigenvalue weighted by molar-refractivity contribution is 9.11. The van der Waals surface area contributed by atoms with Crippen molar-refractivity contribution in [2.45, 2.75) is 38.3 Å². The van der Waals surface area contributed by atoms with Crippen LogP contribution in [0.15, 0.2) is 34.2 Å². The van der Waals surface area contributed by atoms with Crippen molar-refractivity contribution in [3.8, 4) is 0 Å². The molecule has 2 aromatic rings. The van der Waals surface area contributed by atoms with Crippen molar-refractivity contribution in [1.82, 2.24) is 10.3 Å². The van der Waals surface area contributed by atoms with E-state index in [4.69, 9.17) is 0 Å². The Labute approximate surface area is 126 Å². The van der Waals surface area contributed by atoms with E-state index in [9.17, 15) is 0 Å². The van der Waals surface area contributed by atoms with Crippen LogP contribution in [-0.4, -0.2) is 4.98 Å². The summed E-state index contributed by atoms with van der Waals surface area (Å²) in [6, 6.07) is 9.13. The lowest BCUT2D eigenvalue weighted by atomic mass is 9.93. The number of hydrogen-bond donors (Lipinski definition) is 1. The number of hydrogen-bond acceptors (Lipinski definition) is 3. The van der Waals surface area contributed by atoms with Gasteiger partial charge >= 0.3 is 0 Å². The minimum Gasteiger partial charge on any atom is -0.302 e. The van der Waals surface area contributed by atoms with Gasteiger partial charge in [0.15, 0.2) is 0 Å². The van der Waals surface area contributed by atoms with E-state index in [-0.39, 0.29) is 6.04 Å². The summed E-state index contributed by atoms with van der Waals surface area (Å²) in [6.07, 6.45) is 5.57. The molecule has 100 valence electrons. The number of halogens is 1. The number of rotatable bonds is 3. The molecule has 1 N–H and O–H groups in total. The minimum atomic E-state index is 0.288. The molecular formula is C15H17BrN2S. The maximum Gasteiger partial charge on any atom is 0.0704 e. The van der Waals surface area contributed by atoms with E-state index in [1.807, 2.05) is 29.7 Å². The van der Waals surface area contributed by atoms with E-state index in [1.165, 1.54) is 33.5 Å². The zero-order chi connectivity index (χ0) is 13.2. The van der Waals surface area contributed by atoms with Crippen LogP contribution in [0.25, 0.3) is 0 Å². The van der Waals surface area contributed by atoms with Gasteiger partial charge in [0.05, 0.1) is 9.48 Å². The van der Waals surface area contributed by atoms with Crippen LogP contribution in [0.2, 0.25) is 0 Å². The van der Waals surface area contributed by atoms with Crippen LogP contribution in [0.4, 0.5) is 0 Å². The minimum absolute atomic E-state index is 0.288. The van der Waals surface area contributed by atoms with Crippen molar-refractivity contribution in [3.05, 3.63) is 50.4 Å². The van der Waals surface area contributed by atoms with Gasteiger partial charge in [-0.15, -0.1) is 11.3 Å². The monoisotopic (exact) mass is 336 g/mol. The van der Waals surface area contributed by atoms with Crippen LogP contribution in [0, 0.1) is 0 Å². The third kappa shape index (κ3) is 2.91. The number of fused-ring (bicyclic) bond motifs is 1. The topological polar surface area (TPSA) is 24.9 Å². The van der Waals surface area contributed by atoms with E-state index < -0.39 is 0 Å². The molecule has 1 aliphatic carbocycles. The van der Waals surface area contributed by atoms with Crippen LogP contribution in [0.3, 0.4) is 0 Å². The maximum absolute atomic E-state index is 4.44. The van der Waals surface area contributed by atoms with Gasteiger partial charge < -0.3 is 5.32 Å². The summed E-state index contributed by atoms with van der Waals surface area (Å²) in [6.45, 7) is 2.19. The van der Waals surface area contributed by atoms with E-state index in [0.29, 0.717) is 6.04 Å². The first-order chi connectivity index (χ1) is 9.24. The zero-order valence-electron chi connectivity index (χ0n) is 10.9. The van der Waals surface area contributed by atoms with Gasteiger partial charge in [-0.1, -0.05) is 6.07 Å². The largest absolute Gasteiger partial charge is 0.302 e. The fraction of sp³-hybridized carbons (Fsp3) is 0.400. The molecule has 0 amide bonds. The molecule has 0 radical (unpaired) electrons. The normalized spacial score (nSPS) is 20.0. The van der Waals surface area contributed by atoms with Crippen molar-refractivity contribution in [1.29, 1.82) is 0 Å². The molecular weight excluding hydrogens is 320 g/mol. The van der Waals surface area contributed by atoms with E-state index in [1.54, 1.807) is 0 Å². The second-order valence-corrected chi connectivity index (χ2v) is 7.53. The molecule has 1 aliphatic rings. The van der Waals surface area contributed by atoms with E-state index in [2.05, 4.69) is 45.3 Å². The number of aromatic nitrogens is 1.